The number of urea groups is 1. The monoisotopic (exact) mass is 467 g/mol. The van der Waals surface area contributed by atoms with E-state index in [-0.39, 0.29) is 18.0 Å². The molecule has 2 amide bonds. The van der Waals surface area contributed by atoms with Crippen LogP contribution < -0.4 is 22.5 Å². The minimum absolute atomic E-state index is 0.212. The molecule has 3 fully saturated rings. The van der Waals surface area contributed by atoms with E-state index in [1.807, 2.05) is 38.1 Å². The van der Waals surface area contributed by atoms with Crippen LogP contribution in [0, 0.1) is 11.8 Å². The second-order valence-corrected chi connectivity index (χ2v) is 10.3. The van der Waals surface area contributed by atoms with Gasteiger partial charge in [-0.05, 0) is 49.4 Å². The summed E-state index contributed by atoms with van der Waals surface area (Å²) in [6, 6.07) is 9.60. The Balaban J connectivity index is 1.20. The van der Waals surface area contributed by atoms with Gasteiger partial charge in [0.15, 0.2) is 0 Å². The number of amides is 2. The number of carbonyl (C=O) groups is 1. The van der Waals surface area contributed by atoms with E-state index in [4.69, 9.17) is 16.2 Å². The van der Waals surface area contributed by atoms with Gasteiger partial charge in [0.1, 0.15) is 5.82 Å². The van der Waals surface area contributed by atoms with Gasteiger partial charge in [0.25, 0.3) is 0 Å². The third-order valence-corrected chi connectivity index (χ3v) is 7.18. The number of benzene rings is 1. The van der Waals surface area contributed by atoms with Crippen LogP contribution in [0.15, 0.2) is 41.3 Å². The van der Waals surface area contributed by atoms with Gasteiger partial charge in [-0.15, -0.1) is 0 Å². The van der Waals surface area contributed by atoms with Crippen LogP contribution in [-0.4, -0.2) is 75.9 Å². The number of piperidine rings is 1. The molecule has 5 N–H and O–H groups in total. The van der Waals surface area contributed by atoms with Crippen LogP contribution in [0.2, 0.25) is 0 Å². The smallest absolute Gasteiger partial charge is 0.354 e. The Bertz CT molecular complexity index is 1100. The lowest BCUT2D eigenvalue weighted by Crippen LogP contribution is -2.57. The van der Waals surface area contributed by atoms with E-state index in [1.54, 1.807) is 17.2 Å². The molecule has 1 saturated carbocycles. The lowest BCUT2D eigenvalue weighted by Gasteiger charge is -2.39. The van der Waals surface area contributed by atoms with Crippen molar-refractivity contribution in [2.75, 3.05) is 38.1 Å². The van der Waals surface area contributed by atoms with E-state index in [2.05, 4.69) is 15.2 Å². The summed E-state index contributed by atoms with van der Waals surface area (Å²) >= 11 is 0. The number of aromatic nitrogens is 2. The van der Waals surface area contributed by atoms with E-state index in [9.17, 15) is 9.59 Å². The van der Waals surface area contributed by atoms with Crippen LogP contribution in [0.25, 0.3) is 5.69 Å². The highest BCUT2D eigenvalue weighted by Crippen LogP contribution is 2.44. The summed E-state index contributed by atoms with van der Waals surface area (Å²) in [4.78, 5) is 33.4. The van der Waals surface area contributed by atoms with Crippen LogP contribution in [-0.2, 0) is 11.3 Å². The van der Waals surface area contributed by atoms with Crippen LogP contribution >= 0.6 is 0 Å². The number of nitrogens with two attached hydrogens (primary N) is 2. The Hall–Kier alpha value is -2.79. The van der Waals surface area contributed by atoms with Gasteiger partial charge in [-0.1, -0.05) is 12.1 Å². The topological polar surface area (TPSA) is 132 Å². The van der Waals surface area contributed by atoms with Crippen molar-refractivity contribution in [2.45, 2.75) is 38.1 Å². The molecule has 5 rings (SSSR count). The maximum atomic E-state index is 12.7. The number of nitrogens with one attached hydrogen (secondary N) is 1. The fourth-order valence-corrected chi connectivity index (χ4v) is 4.95. The maximum absolute atomic E-state index is 12.7. The number of hydrogen-bond acceptors (Lipinski definition) is 7. The molecule has 2 aliphatic heterocycles. The number of ether oxygens (including phenoxy) is 1. The highest BCUT2D eigenvalue weighted by atomic mass is 16.5. The van der Waals surface area contributed by atoms with Gasteiger partial charge in [0, 0.05) is 44.0 Å². The second-order valence-electron chi connectivity index (χ2n) is 10.3. The summed E-state index contributed by atoms with van der Waals surface area (Å²) in [5, 5.41) is 2.71. The summed E-state index contributed by atoms with van der Waals surface area (Å²) < 4.78 is 7.15. The molecule has 10 heteroatoms. The summed E-state index contributed by atoms with van der Waals surface area (Å²) in [6.45, 7) is 8.02. The summed E-state index contributed by atoms with van der Waals surface area (Å²) in [5.74, 6) is 1.55. The molecule has 10 nitrogen and oxygen atoms in total. The molecular weight excluding hydrogens is 434 g/mol. The lowest BCUT2D eigenvalue weighted by atomic mass is 9.97. The molecule has 1 aliphatic carbocycles. The molecule has 2 aromatic rings. The van der Waals surface area contributed by atoms with E-state index in [0.29, 0.717) is 37.6 Å². The number of fused-ring (bicyclic) bond motifs is 1. The molecule has 3 unspecified atom stereocenters. The molecule has 0 spiro atoms. The SMILES string of the molecule is CC(C)(N)C1CN(C(=O)Nc2ccn(-c3ccc(CN4CC5C(N)C5C4)cc3)c(=O)n2)CCO1. The van der Waals surface area contributed by atoms with E-state index in [1.165, 1.54) is 10.1 Å². The Morgan fingerprint density at radius 1 is 1.18 bits per heavy atom. The normalized spacial score (nSPS) is 26.9. The van der Waals surface area contributed by atoms with Crippen molar-refractivity contribution < 1.29 is 9.53 Å². The summed E-state index contributed by atoms with van der Waals surface area (Å²) in [5.41, 5.74) is 13.1. The van der Waals surface area contributed by atoms with E-state index >= 15 is 0 Å². The van der Waals surface area contributed by atoms with Crippen molar-refractivity contribution in [1.29, 1.82) is 0 Å². The molecule has 1 aromatic heterocycles. The van der Waals surface area contributed by atoms with Crippen LogP contribution in [0.4, 0.5) is 10.6 Å². The van der Waals surface area contributed by atoms with Crippen LogP contribution in [0.5, 0.6) is 0 Å². The number of nitrogens with zero attached hydrogens (tertiary/aromatic N) is 4. The number of anilines is 1. The highest BCUT2D eigenvalue weighted by Gasteiger charge is 2.53. The molecule has 3 heterocycles. The molecule has 0 bridgehead atoms. The third-order valence-electron chi connectivity index (χ3n) is 7.18. The fraction of sp³-hybridized carbons (Fsp3) is 0.542. The second kappa shape index (κ2) is 8.77. The highest BCUT2D eigenvalue weighted by molar-refractivity contribution is 5.88. The third kappa shape index (κ3) is 4.72. The van der Waals surface area contributed by atoms with E-state index < -0.39 is 11.2 Å². The molecule has 182 valence electrons. The average Bonchev–Trinajstić information content (AvgIpc) is 3.19. The van der Waals surface area contributed by atoms with Crippen molar-refractivity contribution in [3.63, 3.8) is 0 Å². The zero-order chi connectivity index (χ0) is 24.0. The first-order valence-corrected chi connectivity index (χ1v) is 11.8. The maximum Gasteiger partial charge on any atom is 0.354 e. The molecule has 1 aromatic carbocycles. The Labute approximate surface area is 198 Å². The van der Waals surface area contributed by atoms with E-state index in [0.717, 1.165) is 25.3 Å². The average molecular weight is 468 g/mol. The molecule has 34 heavy (non-hydrogen) atoms. The molecule has 2 saturated heterocycles. The zero-order valence-electron chi connectivity index (χ0n) is 19.7. The number of morpholine rings is 1. The zero-order valence-corrected chi connectivity index (χ0v) is 19.7. The molecule has 3 atom stereocenters. The summed E-state index contributed by atoms with van der Waals surface area (Å²) in [6.07, 6.45) is 1.37. The lowest BCUT2D eigenvalue weighted by molar-refractivity contribution is -0.0444. The van der Waals surface area contributed by atoms with Crippen LogP contribution in [0.3, 0.4) is 0 Å². The predicted octanol–water partition coefficient (Wildman–Crippen LogP) is 0.591. The number of likely N-dealkylation sites (tertiary alicyclic amines) is 1. The Morgan fingerprint density at radius 2 is 1.88 bits per heavy atom. The van der Waals surface area contributed by atoms with Gasteiger partial charge >= 0.3 is 11.7 Å². The first kappa shape index (κ1) is 23.0. The Kier molecular flexibility index (Phi) is 5.93. The quantitative estimate of drug-likeness (QED) is 0.586. The van der Waals surface area contributed by atoms with Crippen molar-refractivity contribution in [2.24, 2.45) is 23.3 Å². The van der Waals surface area contributed by atoms with Gasteiger partial charge in [0.2, 0.25) is 0 Å². The first-order chi connectivity index (χ1) is 16.2. The van der Waals surface area contributed by atoms with Gasteiger partial charge < -0.3 is 21.1 Å². The number of rotatable bonds is 5. The molecule has 3 aliphatic rings. The minimum atomic E-state index is -0.560. The fourth-order valence-electron chi connectivity index (χ4n) is 4.95. The molecule has 0 radical (unpaired) electrons. The van der Waals surface area contributed by atoms with Crippen molar-refractivity contribution >= 4 is 11.8 Å². The van der Waals surface area contributed by atoms with Crippen molar-refractivity contribution in [3.8, 4) is 5.69 Å². The van der Waals surface area contributed by atoms with Gasteiger partial charge in [-0.25, -0.2) is 9.59 Å². The number of carbonyl (C=O) groups excluding carboxylic acids is 1. The molecular formula is C24H33N7O3. The predicted molar refractivity (Wildman–Crippen MR) is 129 cm³/mol. The standard InChI is InChI=1S/C24H33N7O3/c1-24(2,26)19-14-30(9-10-34-19)22(32)27-20-7-8-31(23(33)28-20)16-5-3-15(4-6-16)11-29-12-17-18(13-29)21(17)25/h3-8,17-19,21H,9-14,25-26H2,1-2H3,(H,27,28,32,33). The van der Waals surface area contributed by atoms with Crippen LogP contribution in [0.1, 0.15) is 19.4 Å². The van der Waals surface area contributed by atoms with Gasteiger partial charge in [-0.2, -0.15) is 4.98 Å². The van der Waals surface area contributed by atoms with Crippen molar-refractivity contribution in [1.82, 2.24) is 19.4 Å². The largest absolute Gasteiger partial charge is 0.373 e. The van der Waals surface area contributed by atoms with Gasteiger partial charge in [-0.3, -0.25) is 14.8 Å². The summed E-state index contributed by atoms with van der Waals surface area (Å²) in [7, 11) is 0. The van der Waals surface area contributed by atoms with Crippen molar-refractivity contribution in [3.05, 3.63) is 52.6 Å². The first-order valence-electron chi connectivity index (χ1n) is 11.8. The van der Waals surface area contributed by atoms with Gasteiger partial charge in [0.05, 0.1) is 24.9 Å². The minimum Gasteiger partial charge on any atom is -0.373 e. The number of hydrogen-bond donors (Lipinski definition) is 3. The Morgan fingerprint density at radius 3 is 2.53 bits per heavy atom.